The molecule has 1 aliphatic heterocycles. The van der Waals surface area contributed by atoms with Gasteiger partial charge in [-0.2, -0.15) is 0 Å². The van der Waals surface area contributed by atoms with Gasteiger partial charge in [0.15, 0.2) is 0 Å². The Kier molecular flexibility index (Phi) is 9.65. The number of allylic oxidation sites excluding steroid dienone is 2. The van der Waals surface area contributed by atoms with Crippen molar-refractivity contribution in [2.45, 2.75) is 125 Å². The van der Waals surface area contributed by atoms with Crippen LogP contribution in [-0.4, -0.2) is 8.07 Å². The average Bonchev–Trinajstić information content (AvgIpc) is 3.59. The van der Waals surface area contributed by atoms with Crippen molar-refractivity contribution in [3.05, 3.63) is 129 Å². The molecule has 0 aromatic heterocycles. The van der Waals surface area contributed by atoms with Gasteiger partial charge in [0, 0.05) is 0 Å². The van der Waals surface area contributed by atoms with E-state index in [9.17, 15) is 0 Å². The molecule has 258 valence electrons. The van der Waals surface area contributed by atoms with E-state index in [1.54, 1.807) is 22.3 Å². The zero-order valence-electron chi connectivity index (χ0n) is 32.5. The zero-order valence-corrected chi connectivity index (χ0v) is 35.9. The second kappa shape index (κ2) is 13.5. The third-order valence-electron chi connectivity index (χ3n) is 12.0. The van der Waals surface area contributed by atoms with E-state index in [0.29, 0.717) is 7.25 Å². The molecule has 50 heavy (non-hydrogen) atoms. The summed E-state index contributed by atoms with van der Waals surface area (Å²) in [6, 6.07) is 34.1. The fourth-order valence-corrected chi connectivity index (χ4v) is 19.5. The van der Waals surface area contributed by atoms with E-state index in [2.05, 4.69) is 153 Å². The first kappa shape index (κ1) is 35.8. The van der Waals surface area contributed by atoms with Crippen molar-refractivity contribution >= 4 is 18.5 Å². The predicted octanol–water partition coefficient (Wildman–Crippen LogP) is 14.2. The van der Waals surface area contributed by atoms with Crippen LogP contribution in [0.15, 0.2) is 96.1 Å². The SMILES string of the molecule is CCCCC1=C2c3c(-c4ccc(C(C)(C)C)cc4)cccc3[CH]1[Zr][CH]1C(CCCC)=C(c3c(-c4ccc(C(C)(C)C)cc4)cccc31)[Si]2(C)C. The topological polar surface area (TPSA) is 0 Å². The Morgan fingerprint density at radius 1 is 0.540 bits per heavy atom. The molecule has 4 bridgehead atoms. The number of benzene rings is 4. The Balaban J connectivity index is 1.47. The van der Waals surface area contributed by atoms with Crippen molar-refractivity contribution in [3.63, 3.8) is 0 Å². The zero-order chi connectivity index (χ0) is 35.6. The second-order valence-corrected chi connectivity index (χ2v) is 25.8. The average molecular weight is 754 g/mol. The molecule has 2 atom stereocenters. The number of hydrogen-bond acceptors (Lipinski definition) is 0. The number of hydrogen-bond donors (Lipinski definition) is 0. The summed E-state index contributed by atoms with van der Waals surface area (Å²) in [4.78, 5) is 0. The molecule has 0 spiro atoms. The first-order valence-corrected chi connectivity index (χ1v) is 25.3. The van der Waals surface area contributed by atoms with Crippen molar-refractivity contribution in [1.29, 1.82) is 0 Å². The third-order valence-corrected chi connectivity index (χ3v) is 20.5. The van der Waals surface area contributed by atoms with Gasteiger partial charge in [0.2, 0.25) is 0 Å². The molecule has 2 heteroatoms. The molecule has 0 saturated heterocycles. The summed E-state index contributed by atoms with van der Waals surface area (Å²) in [5.74, 6) is 0. The molecular weight excluding hydrogens is 696 g/mol. The van der Waals surface area contributed by atoms with Crippen LogP contribution in [0, 0.1) is 0 Å². The summed E-state index contributed by atoms with van der Waals surface area (Å²) in [5.41, 5.74) is 19.3. The van der Waals surface area contributed by atoms with Crippen LogP contribution in [0.4, 0.5) is 0 Å². The Morgan fingerprint density at radius 3 is 1.26 bits per heavy atom. The van der Waals surface area contributed by atoms with Crippen LogP contribution >= 0.6 is 0 Å². The van der Waals surface area contributed by atoms with Gasteiger partial charge in [-0.05, 0) is 0 Å². The first-order valence-electron chi connectivity index (χ1n) is 19.5. The summed E-state index contributed by atoms with van der Waals surface area (Å²) >= 11 is -0.991. The fraction of sp³-hybridized carbons (Fsp3) is 0.417. The summed E-state index contributed by atoms with van der Waals surface area (Å²) in [6.45, 7) is 24.2. The van der Waals surface area contributed by atoms with Crippen LogP contribution in [0.25, 0.3) is 32.6 Å². The van der Waals surface area contributed by atoms with E-state index < -0.39 is 31.3 Å². The monoisotopic (exact) mass is 752 g/mol. The molecule has 4 aromatic carbocycles. The van der Waals surface area contributed by atoms with E-state index in [0.717, 1.165) is 0 Å². The molecule has 1 heterocycles. The standard InChI is InChI=1S/C48H58Si.Zr/c1-11-13-17-37-31-35-19-15-21-41(33-23-27-39(28-24-33)47(3,4)5)43(35)45(37)49(9,10)46-38(18-14-12-2)32-36-20-16-22-42(44(36)46)34-25-29-40(30-26-34)48(6,7)8;/h15-16,19-32H,11-14,17-18H2,1-10H3;. The quantitative estimate of drug-likeness (QED) is 0.157. The first-order chi connectivity index (χ1) is 23.8. The van der Waals surface area contributed by atoms with Crippen molar-refractivity contribution in [1.82, 2.24) is 0 Å². The molecule has 7 rings (SSSR count). The molecule has 3 aliphatic rings. The van der Waals surface area contributed by atoms with Crippen LogP contribution < -0.4 is 0 Å². The molecule has 0 N–H and O–H groups in total. The molecule has 4 aromatic rings. The van der Waals surface area contributed by atoms with E-state index in [-0.39, 0.29) is 10.8 Å². The maximum absolute atomic E-state index is 2.75. The van der Waals surface area contributed by atoms with E-state index in [1.807, 2.05) is 21.5 Å². The second-order valence-electron chi connectivity index (χ2n) is 17.9. The van der Waals surface area contributed by atoms with Gasteiger partial charge in [0.05, 0.1) is 0 Å². The van der Waals surface area contributed by atoms with Crippen LogP contribution in [0.5, 0.6) is 0 Å². The fourth-order valence-electron chi connectivity index (χ4n) is 9.32. The van der Waals surface area contributed by atoms with E-state index >= 15 is 0 Å². The van der Waals surface area contributed by atoms with E-state index in [4.69, 9.17) is 0 Å². The van der Waals surface area contributed by atoms with Gasteiger partial charge in [-0.15, -0.1) is 0 Å². The van der Waals surface area contributed by atoms with Crippen molar-refractivity contribution in [3.8, 4) is 22.3 Å². The van der Waals surface area contributed by atoms with Crippen molar-refractivity contribution < 1.29 is 23.2 Å². The molecule has 2 aliphatic carbocycles. The van der Waals surface area contributed by atoms with Gasteiger partial charge in [0.1, 0.15) is 0 Å². The number of fused-ring (bicyclic) bond motifs is 8. The van der Waals surface area contributed by atoms with Gasteiger partial charge >= 0.3 is 319 Å². The summed E-state index contributed by atoms with van der Waals surface area (Å²) in [6.07, 6.45) is 7.66. The molecule has 2 unspecified atom stereocenters. The van der Waals surface area contributed by atoms with Gasteiger partial charge in [-0.3, -0.25) is 0 Å². The molecule has 0 radical (unpaired) electrons. The Bertz CT molecular complexity index is 1830. The Hall–Kier alpha value is -2.54. The van der Waals surface area contributed by atoms with Crippen LogP contribution in [0.2, 0.25) is 13.1 Å². The van der Waals surface area contributed by atoms with Gasteiger partial charge in [-0.25, -0.2) is 0 Å². The van der Waals surface area contributed by atoms with Gasteiger partial charge in [-0.1, -0.05) is 0 Å². The normalized spacial score (nSPS) is 19.2. The van der Waals surface area contributed by atoms with Gasteiger partial charge in [0.25, 0.3) is 0 Å². The van der Waals surface area contributed by atoms with Gasteiger partial charge < -0.3 is 0 Å². The van der Waals surface area contributed by atoms with Crippen LogP contribution in [0.3, 0.4) is 0 Å². The molecule has 0 amide bonds. The number of rotatable bonds is 8. The summed E-state index contributed by atoms with van der Waals surface area (Å²) in [7, 11) is -2.20. The van der Waals surface area contributed by atoms with Crippen LogP contribution in [-0.2, 0) is 34.1 Å². The molecule has 0 fully saturated rings. The Labute approximate surface area is 316 Å². The predicted molar refractivity (Wildman–Crippen MR) is 217 cm³/mol. The molecular formula is C48H58SiZr. The van der Waals surface area contributed by atoms with Crippen molar-refractivity contribution in [2.24, 2.45) is 0 Å². The summed E-state index contributed by atoms with van der Waals surface area (Å²) < 4.78 is 1.33. The molecule has 0 nitrogen and oxygen atoms in total. The summed E-state index contributed by atoms with van der Waals surface area (Å²) in [5, 5.41) is 3.63. The number of unbranched alkanes of at least 4 members (excludes halogenated alkanes) is 2. The van der Waals surface area contributed by atoms with Crippen LogP contribution in [0.1, 0.15) is 135 Å². The van der Waals surface area contributed by atoms with E-state index in [1.165, 1.54) is 71.9 Å². The van der Waals surface area contributed by atoms with Crippen molar-refractivity contribution in [2.75, 3.05) is 0 Å². The minimum atomic E-state index is -2.20. The Morgan fingerprint density at radius 2 is 0.920 bits per heavy atom. The maximum atomic E-state index is 2.75. The third kappa shape index (κ3) is 6.09. The molecule has 0 saturated carbocycles. The minimum absolute atomic E-state index is 0.153.